The topological polar surface area (TPSA) is 139 Å². The molecule has 2 heterocycles. The van der Waals surface area contributed by atoms with E-state index >= 15 is 0 Å². The number of carbonyl (C=O) groups excluding carboxylic acids is 1. The molecule has 3 N–H and O–H groups in total. The van der Waals surface area contributed by atoms with Crippen LogP contribution in [0.2, 0.25) is 0 Å². The standard InChI is InChI=1S/C24H28N6O3S/c1-2-33-20-18(15-25)23(30-10-6-9-29(11-12-30)13-14-31)28-24(19(20)16-26)34-21(22(27)32)17-7-4-3-5-8-17/h3-5,7-8,21,31H,2,6,9-14H2,1H3,(H2,27,32). The lowest BCUT2D eigenvalue weighted by molar-refractivity contribution is -0.117. The van der Waals surface area contributed by atoms with Crippen LogP contribution in [0, 0.1) is 22.7 Å². The van der Waals surface area contributed by atoms with Crippen LogP contribution in [0.4, 0.5) is 5.82 Å². The predicted molar refractivity (Wildman–Crippen MR) is 129 cm³/mol. The first-order chi connectivity index (χ1) is 16.5. The molecule has 1 fully saturated rings. The van der Waals surface area contributed by atoms with Gasteiger partial charge in [0.25, 0.3) is 0 Å². The van der Waals surface area contributed by atoms with Gasteiger partial charge < -0.3 is 20.5 Å². The number of rotatable bonds is 9. The summed E-state index contributed by atoms with van der Waals surface area (Å²) in [5.41, 5.74) is 6.73. The summed E-state index contributed by atoms with van der Waals surface area (Å²) in [7, 11) is 0. The first-order valence-corrected chi connectivity index (χ1v) is 12.0. The first-order valence-electron chi connectivity index (χ1n) is 11.1. The Morgan fingerprint density at radius 2 is 1.94 bits per heavy atom. The molecule has 1 amide bonds. The second kappa shape index (κ2) is 12.2. The highest BCUT2D eigenvalue weighted by Gasteiger charge is 2.29. The zero-order chi connectivity index (χ0) is 24.5. The van der Waals surface area contributed by atoms with Gasteiger partial charge in [-0.1, -0.05) is 42.1 Å². The Morgan fingerprint density at radius 3 is 2.56 bits per heavy atom. The van der Waals surface area contributed by atoms with Gasteiger partial charge in [0.15, 0.2) is 11.6 Å². The fraction of sp³-hybridized carbons (Fsp3) is 0.417. The van der Waals surface area contributed by atoms with E-state index in [2.05, 4.69) is 17.0 Å². The molecule has 1 aliphatic heterocycles. The molecule has 178 valence electrons. The van der Waals surface area contributed by atoms with Crippen molar-refractivity contribution < 1.29 is 14.6 Å². The van der Waals surface area contributed by atoms with Gasteiger partial charge in [0.2, 0.25) is 5.91 Å². The number of aliphatic hydroxyl groups excluding tert-OH is 1. The van der Waals surface area contributed by atoms with Crippen molar-refractivity contribution in [3.8, 4) is 17.9 Å². The Bertz CT molecular complexity index is 1080. The predicted octanol–water partition coefficient (Wildman–Crippen LogP) is 2.05. The molecule has 1 unspecified atom stereocenters. The minimum Gasteiger partial charge on any atom is -0.491 e. The Morgan fingerprint density at radius 1 is 1.21 bits per heavy atom. The summed E-state index contributed by atoms with van der Waals surface area (Å²) in [6, 6.07) is 13.4. The van der Waals surface area contributed by atoms with Gasteiger partial charge in [0, 0.05) is 26.2 Å². The number of amides is 1. The summed E-state index contributed by atoms with van der Waals surface area (Å²) < 4.78 is 5.78. The van der Waals surface area contributed by atoms with Gasteiger partial charge in [-0.05, 0) is 25.5 Å². The number of carbonyl (C=O) groups is 1. The number of anilines is 1. The average Bonchev–Trinajstić information content (AvgIpc) is 3.08. The summed E-state index contributed by atoms with van der Waals surface area (Å²) >= 11 is 1.08. The smallest absolute Gasteiger partial charge is 0.235 e. The van der Waals surface area contributed by atoms with Gasteiger partial charge in [-0.3, -0.25) is 9.69 Å². The number of nitrogens with zero attached hydrogens (tertiary/aromatic N) is 5. The number of hydrogen-bond acceptors (Lipinski definition) is 9. The fourth-order valence-electron chi connectivity index (χ4n) is 3.91. The van der Waals surface area contributed by atoms with Crippen molar-refractivity contribution in [2.45, 2.75) is 23.6 Å². The summed E-state index contributed by atoms with van der Waals surface area (Å²) in [5, 5.41) is 28.8. The minimum atomic E-state index is -0.764. The second-order valence-electron chi connectivity index (χ2n) is 7.69. The molecule has 0 spiro atoms. The lowest BCUT2D eigenvalue weighted by atomic mass is 10.1. The third kappa shape index (κ3) is 5.78. The van der Waals surface area contributed by atoms with Crippen LogP contribution < -0.4 is 15.4 Å². The van der Waals surface area contributed by atoms with Crippen LogP contribution in [0.1, 0.15) is 35.3 Å². The normalized spacial score (nSPS) is 15.1. The van der Waals surface area contributed by atoms with Gasteiger partial charge in [-0.2, -0.15) is 10.5 Å². The van der Waals surface area contributed by atoms with E-state index in [1.165, 1.54) is 0 Å². The number of primary amides is 1. The van der Waals surface area contributed by atoms with Crippen LogP contribution >= 0.6 is 11.8 Å². The molecule has 1 aromatic heterocycles. The molecule has 10 heteroatoms. The van der Waals surface area contributed by atoms with Crippen LogP contribution in [0.15, 0.2) is 35.4 Å². The Kier molecular flexibility index (Phi) is 9.11. The van der Waals surface area contributed by atoms with E-state index in [-0.39, 0.29) is 30.1 Å². The molecule has 0 aliphatic carbocycles. The second-order valence-corrected chi connectivity index (χ2v) is 8.79. The lowest BCUT2D eigenvalue weighted by Crippen LogP contribution is -2.33. The van der Waals surface area contributed by atoms with E-state index in [4.69, 9.17) is 15.5 Å². The van der Waals surface area contributed by atoms with Gasteiger partial charge in [0.05, 0.1) is 13.2 Å². The van der Waals surface area contributed by atoms with Gasteiger partial charge in [-0.25, -0.2) is 4.98 Å². The van der Waals surface area contributed by atoms with Crippen molar-refractivity contribution in [1.29, 1.82) is 10.5 Å². The first kappa shape index (κ1) is 25.3. The number of nitriles is 2. The summed E-state index contributed by atoms with van der Waals surface area (Å²) in [5.74, 6) is 0.0440. The largest absolute Gasteiger partial charge is 0.491 e. The molecule has 0 bridgehead atoms. The van der Waals surface area contributed by atoms with Crippen LogP contribution in [-0.4, -0.2) is 66.8 Å². The van der Waals surface area contributed by atoms with E-state index in [9.17, 15) is 20.4 Å². The van der Waals surface area contributed by atoms with E-state index in [0.717, 1.165) is 24.7 Å². The van der Waals surface area contributed by atoms with Crippen molar-refractivity contribution in [2.75, 3.05) is 50.8 Å². The molecule has 9 nitrogen and oxygen atoms in total. The van der Waals surface area contributed by atoms with Crippen molar-refractivity contribution in [2.24, 2.45) is 5.73 Å². The number of ether oxygens (including phenoxy) is 1. The zero-order valence-corrected chi connectivity index (χ0v) is 19.9. The van der Waals surface area contributed by atoms with Crippen LogP contribution in [-0.2, 0) is 4.79 Å². The number of aromatic nitrogens is 1. The Balaban J connectivity index is 2.09. The molecular weight excluding hydrogens is 452 g/mol. The van der Waals surface area contributed by atoms with E-state index in [0.29, 0.717) is 42.6 Å². The Hall–Kier alpha value is -3.31. The molecule has 1 aromatic carbocycles. The monoisotopic (exact) mass is 480 g/mol. The molecule has 1 saturated heterocycles. The molecule has 0 radical (unpaired) electrons. The molecular formula is C24H28N6O3S. The van der Waals surface area contributed by atoms with Gasteiger partial charge >= 0.3 is 0 Å². The number of β-amino-alcohol motifs (C(OH)–C–C–N with tert-alkyl or cyclic N) is 1. The van der Waals surface area contributed by atoms with Crippen molar-refractivity contribution in [1.82, 2.24) is 9.88 Å². The van der Waals surface area contributed by atoms with E-state index < -0.39 is 11.2 Å². The third-order valence-electron chi connectivity index (χ3n) is 5.51. The summed E-state index contributed by atoms with van der Waals surface area (Å²) in [4.78, 5) is 21.2. The highest BCUT2D eigenvalue weighted by atomic mass is 32.2. The van der Waals surface area contributed by atoms with Crippen molar-refractivity contribution in [3.63, 3.8) is 0 Å². The molecule has 3 rings (SSSR count). The third-order valence-corrected chi connectivity index (χ3v) is 6.76. The number of hydrogen-bond donors (Lipinski definition) is 2. The zero-order valence-electron chi connectivity index (χ0n) is 19.1. The minimum absolute atomic E-state index is 0.0851. The van der Waals surface area contributed by atoms with Gasteiger partial charge in [-0.15, -0.1) is 0 Å². The average molecular weight is 481 g/mol. The van der Waals surface area contributed by atoms with Crippen molar-refractivity contribution in [3.05, 3.63) is 47.0 Å². The van der Waals surface area contributed by atoms with Crippen LogP contribution in [0.25, 0.3) is 0 Å². The molecule has 34 heavy (non-hydrogen) atoms. The van der Waals surface area contributed by atoms with Crippen LogP contribution in [0.5, 0.6) is 5.75 Å². The maximum absolute atomic E-state index is 12.3. The molecule has 2 aromatic rings. The molecule has 1 atom stereocenters. The Labute approximate surface area is 203 Å². The number of aliphatic hydroxyl groups is 1. The number of nitrogens with two attached hydrogens (primary N) is 1. The van der Waals surface area contributed by atoms with Crippen molar-refractivity contribution >= 4 is 23.5 Å². The number of pyridine rings is 1. The summed E-state index contributed by atoms with van der Waals surface area (Å²) in [6.07, 6.45) is 0.826. The fourth-order valence-corrected chi connectivity index (χ4v) is 4.94. The highest BCUT2D eigenvalue weighted by molar-refractivity contribution is 8.00. The maximum atomic E-state index is 12.3. The van der Waals surface area contributed by atoms with Crippen LogP contribution in [0.3, 0.4) is 0 Å². The molecule has 0 saturated carbocycles. The lowest BCUT2D eigenvalue weighted by Gasteiger charge is -2.26. The molecule has 1 aliphatic rings. The maximum Gasteiger partial charge on any atom is 0.235 e. The number of benzene rings is 1. The SMILES string of the molecule is CCOc1c(C#N)c(SC(C(N)=O)c2ccccc2)nc(N2CCCN(CCO)CC2)c1C#N. The van der Waals surface area contributed by atoms with E-state index in [1.807, 2.05) is 23.1 Å². The quantitative estimate of drug-likeness (QED) is 0.516. The summed E-state index contributed by atoms with van der Waals surface area (Å²) in [6.45, 7) is 5.50. The van der Waals surface area contributed by atoms with Gasteiger partial charge in [0.1, 0.15) is 33.5 Å². The number of thioether (sulfide) groups is 1. The highest BCUT2D eigenvalue weighted by Crippen LogP contribution is 2.42. The van der Waals surface area contributed by atoms with E-state index in [1.54, 1.807) is 19.1 Å².